The Kier molecular flexibility index (Phi) is 5.77. The average Bonchev–Trinajstić information content (AvgIpc) is 2.53. The fourth-order valence-electron chi connectivity index (χ4n) is 2.38. The zero-order valence-corrected chi connectivity index (χ0v) is 12.7. The van der Waals surface area contributed by atoms with Crippen molar-refractivity contribution in [3.63, 3.8) is 0 Å². The molecule has 0 spiro atoms. The molecule has 0 aromatic heterocycles. The molecule has 1 atom stereocenters. The van der Waals surface area contributed by atoms with Crippen molar-refractivity contribution in [2.45, 2.75) is 13.3 Å². The summed E-state index contributed by atoms with van der Waals surface area (Å²) < 4.78 is 5.32. The fraction of sp³-hybridized carbons (Fsp3) is 0.500. The summed E-state index contributed by atoms with van der Waals surface area (Å²) >= 11 is 0. The third-order valence-corrected chi connectivity index (χ3v) is 3.64. The maximum atomic E-state index is 12.0. The molecule has 1 amide bonds. The zero-order valence-electron chi connectivity index (χ0n) is 12.7. The Labute approximate surface area is 130 Å². The van der Waals surface area contributed by atoms with Crippen LogP contribution in [0.5, 0.6) is 0 Å². The first kappa shape index (κ1) is 16.3. The van der Waals surface area contributed by atoms with Crippen molar-refractivity contribution >= 4 is 17.6 Å². The van der Waals surface area contributed by atoms with Gasteiger partial charge in [0.25, 0.3) is 5.91 Å². The Hall–Kier alpha value is -2.08. The zero-order chi connectivity index (χ0) is 15.9. The number of morpholine rings is 1. The number of ether oxygens (including phenoxy) is 1. The molecule has 1 fully saturated rings. The second kappa shape index (κ2) is 7.79. The highest BCUT2D eigenvalue weighted by atomic mass is 16.5. The molecule has 0 radical (unpaired) electrons. The number of carbonyl (C=O) groups excluding carboxylic acids is 1. The van der Waals surface area contributed by atoms with Gasteiger partial charge < -0.3 is 20.1 Å². The number of anilines is 1. The summed E-state index contributed by atoms with van der Waals surface area (Å²) in [4.78, 5) is 24.8. The normalized spacial score (nSPS) is 16.1. The van der Waals surface area contributed by atoms with E-state index in [4.69, 9.17) is 9.84 Å². The summed E-state index contributed by atoms with van der Waals surface area (Å²) in [5.74, 6) is -1.11. The van der Waals surface area contributed by atoms with Gasteiger partial charge in [0.05, 0.1) is 13.2 Å². The van der Waals surface area contributed by atoms with Gasteiger partial charge in [0, 0.05) is 37.3 Å². The van der Waals surface area contributed by atoms with Crippen molar-refractivity contribution in [3.05, 3.63) is 29.8 Å². The molecule has 0 saturated carbocycles. The van der Waals surface area contributed by atoms with E-state index in [9.17, 15) is 9.59 Å². The lowest BCUT2D eigenvalue weighted by atomic mass is 10.1. The molecule has 1 saturated heterocycles. The molecule has 1 aliphatic rings. The van der Waals surface area contributed by atoms with Gasteiger partial charge in [0.2, 0.25) is 0 Å². The summed E-state index contributed by atoms with van der Waals surface area (Å²) in [6.45, 7) is 5.33. The van der Waals surface area contributed by atoms with E-state index < -0.39 is 5.97 Å². The van der Waals surface area contributed by atoms with Gasteiger partial charge in [-0.15, -0.1) is 0 Å². The molecule has 0 bridgehead atoms. The van der Waals surface area contributed by atoms with Crippen molar-refractivity contribution in [2.75, 3.05) is 37.7 Å². The second-order valence-electron chi connectivity index (χ2n) is 5.56. The standard InChI is InChI=1S/C16H22N2O4/c1-12(10-15(19)20)11-17-16(21)13-2-4-14(5-3-13)18-6-8-22-9-7-18/h2-5,12H,6-11H2,1H3,(H,17,21)(H,19,20). The van der Waals surface area contributed by atoms with Gasteiger partial charge >= 0.3 is 5.97 Å². The van der Waals surface area contributed by atoms with Crippen LogP contribution in [0.3, 0.4) is 0 Å². The average molecular weight is 306 g/mol. The molecular weight excluding hydrogens is 284 g/mol. The lowest BCUT2D eigenvalue weighted by Gasteiger charge is -2.28. The SMILES string of the molecule is CC(CNC(=O)c1ccc(N2CCOCC2)cc1)CC(=O)O. The maximum Gasteiger partial charge on any atom is 0.303 e. The molecule has 1 aliphatic heterocycles. The Morgan fingerprint density at radius 1 is 1.27 bits per heavy atom. The van der Waals surface area contributed by atoms with E-state index in [1.807, 2.05) is 12.1 Å². The fourth-order valence-corrected chi connectivity index (χ4v) is 2.38. The summed E-state index contributed by atoms with van der Waals surface area (Å²) in [5.41, 5.74) is 1.67. The van der Waals surface area contributed by atoms with Gasteiger partial charge in [0.15, 0.2) is 0 Å². The van der Waals surface area contributed by atoms with Crippen molar-refractivity contribution in [1.82, 2.24) is 5.32 Å². The lowest BCUT2D eigenvalue weighted by molar-refractivity contribution is -0.137. The van der Waals surface area contributed by atoms with E-state index in [1.165, 1.54) is 0 Å². The Morgan fingerprint density at radius 3 is 2.50 bits per heavy atom. The number of carbonyl (C=O) groups is 2. The quantitative estimate of drug-likeness (QED) is 0.830. The van der Waals surface area contributed by atoms with Crippen LogP contribution in [0, 0.1) is 5.92 Å². The van der Waals surface area contributed by atoms with Crippen LogP contribution in [-0.2, 0) is 9.53 Å². The summed E-state index contributed by atoms with van der Waals surface area (Å²) in [6.07, 6.45) is 0.0518. The van der Waals surface area contributed by atoms with E-state index in [0.717, 1.165) is 32.0 Å². The number of amides is 1. The molecule has 22 heavy (non-hydrogen) atoms. The van der Waals surface area contributed by atoms with Crippen LogP contribution < -0.4 is 10.2 Å². The molecule has 2 rings (SSSR count). The number of nitrogens with zero attached hydrogens (tertiary/aromatic N) is 1. The van der Waals surface area contributed by atoms with Crippen LogP contribution in [0.25, 0.3) is 0 Å². The van der Waals surface area contributed by atoms with E-state index in [0.29, 0.717) is 12.1 Å². The number of carboxylic acids is 1. The number of carboxylic acid groups (broad SMARTS) is 1. The molecule has 1 aromatic rings. The van der Waals surface area contributed by atoms with E-state index in [-0.39, 0.29) is 18.2 Å². The molecular formula is C16H22N2O4. The highest BCUT2D eigenvalue weighted by Crippen LogP contribution is 2.16. The summed E-state index contributed by atoms with van der Waals surface area (Å²) in [5, 5.41) is 11.5. The smallest absolute Gasteiger partial charge is 0.303 e. The number of hydrogen-bond donors (Lipinski definition) is 2. The maximum absolute atomic E-state index is 12.0. The van der Waals surface area contributed by atoms with E-state index in [2.05, 4.69) is 10.2 Å². The summed E-state index contributed by atoms with van der Waals surface area (Å²) in [6, 6.07) is 7.45. The van der Waals surface area contributed by atoms with Crippen LogP contribution in [0.15, 0.2) is 24.3 Å². The molecule has 1 aromatic carbocycles. The Bertz CT molecular complexity index is 509. The number of rotatable bonds is 6. The van der Waals surface area contributed by atoms with Crippen LogP contribution in [0.4, 0.5) is 5.69 Å². The monoisotopic (exact) mass is 306 g/mol. The largest absolute Gasteiger partial charge is 0.481 e. The Balaban J connectivity index is 1.86. The molecule has 1 unspecified atom stereocenters. The molecule has 6 nitrogen and oxygen atoms in total. The predicted molar refractivity (Wildman–Crippen MR) is 83.2 cm³/mol. The van der Waals surface area contributed by atoms with Crippen molar-refractivity contribution in [1.29, 1.82) is 0 Å². The van der Waals surface area contributed by atoms with Crippen LogP contribution >= 0.6 is 0 Å². The van der Waals surface area contributed by atoms with Crippen molar-refractivity contribution in [2.24, 2.45) is 5.92 Å². The molecule has 0 aliphatic carbocycles. The first-order valence-electron chi connectivity index (χ1n) is 7.49. The van der Waals surface area contributed by atoms with Gasteiger partial charge in [-0.1, -0.05) is 6.92 Å². The van der Waals surface area contributed by atoms with Crippen LogP contribution in [0.2, 0.25) is 0 Å². The van der Waals surface area contributed by atoms with Gasteiger partial charge in [-0.05, 0) is 30.2 Å². The third kappa shape index (κ3) is 4.73. The minimum absolute atomic E-state index is 0.0518. The summed E-state index contributed by atoms with van der Waals surface area (Å²) in [7, 11) is 0. The lowest BCUT2D eigenvalue weighted by Crippen LogP contribution is -2.36. The highest BCUT2D eigenvalue weighted by Gasteiger charge is 2.13. The van der Waals surface area contributed by atoms with Crippen LogP contribution in [0.1, 0.15) is 23.7 Å². The van der Waals surface area contributed by atoms with Gasteiger partial charge in [-0.2, -0.15) is 0 Å². The first-order chi connectivity index (χ1) is 10.6. The number of benzene rings is 1. The van der Waals surface area contributed by atoms with Gasteiger partial charge in [0.1, 0.15) is 0 Å². The number of nitrogens with one attached hydrogen (secondary N) is 1. The highest BCUT2D eigenvalue weighted by molar-refractivity contribution is 5.94. The van der Waals surface area contributed by atoms with Crippen molar-refractivity contribution < 1.29 is 19.4 Å². The van der Waals surface area contributed by atoms with E-state index in [1.54, 1.807) is 19.1 Å². The minimum Gasteiger partial charge on any atom is -0.481 e. The van der Waals surface area contributed by atoms with Gasteiger partial charge in [-0.3, -0.25) is 9.59 Å². The molecule has 1 heterocycles. The number of aliphatic carboxylic acids is 1. The minimum atomic E-state index is -0.850. The van der Waals surface area contributed by atoms with Gasteiger partial charge in [-0.25, -0.2) is 0 Å². The predicted octanol–water partition coefficient (Wildman–Crippen LogP) is 1.36. The van der Waals surface area contributed by atoms with E-state index >= 15 is 0 Å². The molecule has 6 heteroatoms. The topological polar surface area (TPSA) is 78.9 Å². The second-order valence-corrected chi connectivity index (χ2v) is 5.56. The number of hydrogen-bond acceptors (Lipinski definition) is 4. The third-order valence-electron chi connectivity index (χ3n) is 3.64. The molecule has 2 N–H and O–H groups in total. The van der Waals surface area contributed by atoms with Crippen LogP contribution in [-0.4, -0.2) is 49.8 Å². The Morgan fingerprint density at radius 2 is 1.91 bits per heavy atom. The van der Waals surface area contributed by atoms with Crippen molar-refractivity contribution in [3.8, 4) is 0 Å². The molecule has 120 valence electrons. The first-order valence-corrected chi connectivity index (χ1v) is 7.49.